The summed E-state index contributed by atoms with van der Waals surface area (Å²) in [5.74, 6) is 0.0751. The van der Waals surface area contributed by atoms with Gasteiger partial charge in [-0.25, -0.2) is 0 Å². The molecule has 0 heterocycles. The van der Waals surface area contributed by atoms with Crippen molar-refractivity contribution < 1.29 is 4.79 Å². The SMILES string of the molecule is CCNCC(=O)NC(C)(C)CC(C)(C)C. The van der Waals surface area contributed by atoms with E-state index in [1.54, 1.807) is 0 Å². The Labute approximate surface area is 94.0 Å². The molecule has 0 unspecified atom stereocenters. The first-order chi connectivity index (χ1) is 6.66. The lowest BCUT2D eigenvalue weighted by atomic mass is 9.82. The van der Waals surface area contributed by atoms with Crippen LogP contribution in [-0.4, -0.2) is 24.5 Å². The summed E-state index contributed by atoms with van der Waals surface area (Å²) in [6.45, 7) is 13.9. The summed E-state index contributed by atoms with van der Waals surface area (Å²) in [5.41, 5.74) is 0.0969. The number of carbonyl (C=O) groups excluding carboxylic acids is 1. The molecule has 0 aliphatic heterocycles. The fourth-order valence-corrected chi connectivity index (χ4v) is 2.03. The van der Waals surface area contributed by atoms with Crippen LogP contribution in [0.1, 0.15) is 48.0 Å². The zero-order valence-electron chi connectivity index (χ0n) is 11.0. The van der Waals surface area contributed by atoms with Crippen molar-refractivity contribution in [2.24, 2.45) is 5.41 Å². The summed E-state index contributed by atoms with van der Waals surface area (Å²) in [5, 5.41) is 6.07. The van der Waals surface area contributed by atoms with Crippen LogP contribution in [0.4, 0.5) is 0 Å². The Morgan fingerprint density at radius 1 is 1.13 bits per heavy atom. The maximum absolute atomic E-state index is 11.5. The molecule has 0 aliphatic carbocycles. The van der Waals surface area contributed by atoms with Gasteiger partial charge in [-0.05, 0) is 32.2 Å². The zero-order chi connectivity index (χ0) is 12.1. The van der Waals surface area contributed by atoms with Crippen LogP contribution >= 0.6 is 0 Å². The zero-order valence-corrected chi connectivity index (χ0v) is 11.0. The number of rotatable bonds is 5. The van der Waals surface area contributed by atoms with E-state index in [9.17, 15) is 4.79 Å². The Balaban J connectivity index is 4.07. The van der Waals surface area contributed by atoms with Crippen molar-refractivity contribution in [3.05, 3.63) is 0 Å². The molecule has 15 heavy (non-hydrogen) atoms. The first-order valence-electron chi connectivity index (χ1n) is 5.68. The Hall–Kier alpha value is -0.570. The third kappa shape index (κ3) is 8.43. The predicted molar refractivity (Wildman–Crippen MR) is 64.8 cm³/mol. The van der Waals surface area contributed by atoms with E-state index in [4.69, 9.17) is 0 Å². The number of amides is 1. The van der Waals surface area contributed by atoms with Gasteiger partial charge in [0, 0.05) is 5.54 Å². The van der Waals surface area contributed by atoms with Gasteiger partial charge in [0.15, 0.2) is 0 Å². The van der Waals surface area contributed by atoms with E-state index < -0.39 is 0 Å². The lowest BCUT2D eigenvalue weighted by Crippen LogP contribution is -2.48. The molecule has 0 aromatic carbocycles. The molecule has 0 saturated heterocycles. The highest BCUT2D eigenvalue weighted by molar-refractivity contribution is 5.78. The number of nitrogens with one attached hydrogen (secondary N) is 2. The van der Waals surface area contributed by atoms with Crippen molar-refractivity contribution in [3.8, 4) is 0 Å². The summed E-state index contributed by atoms with van der Waals surface area (Å²) < 4.78 is 0. The molecule has 0 radical (unpaired) electrons. The highest BCUT2D eigenvalue weighted by Gasteiger charge is 2.26. The summed E-state index contributed by atoms with van der Waals surface area (Å²) in [7, 11) is 0. The number of hydrogen-bond donors (Lipinski definition) is 2. The monoisotopic (exact) mass is 214 g/mol. The van der Waals surface area contributed by atoms with Gasteiger partial charge in [-0.15, -0.1) is 0 Å². The summed E-state index contributed by atoms with van der Waals surface area (Å²) >= 11 is 0. The molecule has 3 heteroatoms. The first kappa shape index (κ1) is 14.4. The van der Waals surface area contributed by atoms with E-state index in [2.05, 4.69) is 45.3 Å². The Morgan fingerprint density at radius 3 is 2.07 bits per heavy atom. The van der Waals surface area contributed by atoms with Gasteiger partial charge < -0.3 is 10.6 Å². The van der Waals surface area contributed by atoms with Gasteiger partial charge in [-0.1, -0.05) is 27.7 Å². The minimum absolute atomic E-state index is 0.0751. The normalized spacial score (nSPS) is 12.7. The van der Waals surface area contributed by atoms with E-state index in [1.165, 1.54) is 0 Å². The fraction of sp³-hybridized carbons (Fsp3) is 0.917. The minimum atomic E-state index is -0.134. The standard InChI is InChI=1S/C12H26N2O/c1-7-13-8-10(15)14-12(5,6)9-11(2,3)4/h13H,7-9H2,1-6H3,(H,14,15). The highest BCUT2D eigenvalue weighted by atomic mass is 16.2. The fourth-order valence-electron chi connectivity index (χ4n) is 2.03. The smallest absolute Gasteiger partial charge is 0.234 e. The van der Waals surface area contributed by atoms with Crippen LogP contribution in [0.3, 0.4) is 0 Å². The van der Waals surface area contributed by atoms with Gasteiger partial charge >= 0.3 is 0 Å². The second-order valence-electron chi connectivity index (χ2n) is 5.95. The van der Waals surface area contributed by atoms with Gasteiger partial charge in [0.05, 0.1) is 6.54 Å². The molecule has 0 aliphatic rings. The summed E-state index contributed by atoms with van der Waals surface area (Å²) in [6.07, 6.45) is 0.970. The number of carbonyl (C=O) groups is 1. The Morgan fingerprint density at radius 2 is 1.67 bits per heavy atom. The highest BCUT2D eigenvalue weighted by Crippen LogP contribution is 2.26. The molecule has 0 aromatic rings. The summed E-state index contributed by atoms with van der Waals surface area (Å²) in [6, 6.07) is 0. The number of hydrogen-bond acceptors (Lipinski definition) is 2. The van der Waals surface area contributed by atoms with Gasteiger partial charge in [0.1, 0.15) is 0 Å². The van der Waals surface area contributed by atoms with Crippen LogP contribution in [0.15, 0.2) is 0 Å². The van der Waals surface area contributed by atoms with E-state index in [0.717, 1.165) is 13.0 Å². The molecule has 0 fully saturated rings. The second kappa shape index (κ2) is 5.50. The molecule has 0 aromatic heterocycles. The molecule has 1 amide bonds. The van der Waals surface area contributed by atoms with Crippen molar-refractivity contribution in [1.82, 2.24) is 10.6 Å². The molecular formula is C12H26N2O. The van der Waals surface area contributed by atoms with E-state index >= 15 is 0 Å². The maximum atomic E-state index is 11.5. The molecular weight excluding hydrogens is 188 g/mol. The maximum Gasteiger partial charge on any atom is 0.234 e. The predicted octanol–water partition coefficient (Wildman–Crippen LogP) is 1.93. The van der Waals surface area contributed by atoms with Crippen molar-refractivity contribution in [2.75, 3.05) is 13.1 Å². The first-order valence-corrected chi connectivity index (χ1v) is 5.68. The van der Waals surface area contributed by atoms with E-state index in [0.29, 0.717) is 6.54 Å². The molecule has 0 rings (SSSR count). The van der Waals surface area contributed by atoms with Crippen LogP contribution < -0.4 is 10.6 Å². The Bertz CT molecular complexity index is 204. The lowest BCUT2D eigenvalue weighted by Gasteiger charge is -2.33. The van der Waals surface area contributed by atoms with Crippen molar-refractivity contribution in [3.63, 3.8) is 0 Å². The van der Waals surface area contributed by atoms with Crippen LogP contribution in [0.25, 0.3) is 0 Å². The van der Waals surface area contributed by atoms with Crippen LogP contribution in [0, 0.1) is 5.41 Å². The minimum Gasteiger partial charge on any atom is -0.350 e. The third-order valence-corrected chi connectivity index (χ3v) is 1.99. The van der Waals surface area contributed by atoms with Crippen LogP contribution in [0.2, 0.25) is 0 Å². The molecule has 0 atom stereocenters. The quantitative estimate of drug-likeness (QED) is 0.734. The topological polar surface area (TPSA) is 41.1 Å². The summed E-state index contributed by atoms with van der Waals surface area (Å²) in [4.78, 5) is 11.5. The van der Waals surface area contributed by atoms with E-state index in [1.807, 2.05) is 6.92 Å². The van der Waals surface area contributed by atoms with Crippen molar-refractivity contribution in [2.45, 2.75) is 53.5 Å². The van der Waals surface area contributed by atoms with Gasteiger partial charge in [0.25, 0.3) is 0 Å². The molecule has 90 valence electrons. The molecule has 2 N–H and O–H groups in total. The average Bonchev–Trinajstić information content (AvgIpc) is 1.94. The third-order valence-electron chi connectivity index (χ3n) is 1.99. The second-order valence-corrected chi connectivity index (χ2v) is 5.95. The van der Waals surface area contributed by atoms with Crippen LogP contribution in [0.5, 0.6) is 0 Å². The lowest BCUT2D eigenvalue weighted by molar-refractivity contribution is -0.122. The van der Waals surface area contributed by atoms with Gasteiger partial charge in [0.2, 0.25) is 5.91 Å². The molecule has 0 saturated carbocycles. The largest absolute Gasteiger partial charge is 0.350 e. The van der Waals surface area contributed by atoms with Crippen molar-refractivity contribution in [1.29, 1.82) is 0 Å². The van der Waals surface area contributed by atoms with Gasteiger partial charge in [-0.2, -0.15) is 0 Å². The Kier molecular flexibility index (Phi) is 5.29. The molecule has 0 spiro atoms. The van der Waals surface area contributed by atoms with Gasteiger partial charge in [-0.3, -0.25) is 4.79 Å². The number of likely N-dealkylation sites (N-methyl/N-ethyl adjacent to an activating group) is 1. The molecule has 3 nitrogen and oxygen atoms in total. The average molecular weight is 214 g/mol. The van der Waals surface area contributed by atoms with Crippen molar-refractivity contribution >= 4 is 5.91 Å². The van der Waals surface area contributed by atoms with E-state index in [-0.39, 0.29) is 16.9 Å². The van der Waals surface area contributed by atoms with Crippen LogP contribution in [-0.2, 0) is 4.79 Å². The molecule has 0 bridgehead atoms.